The second-order valence-corrected chi connectivity index (χ2v) is 11.5. The van der Waals surface area contributed by atoms with Crippen LogP contribution in [0, 0.1) is 0 Å². The van der Waals surface area contributed by atoms with E-state index in [9.17, 15) is 14.7 Å². The van der Waals surface area contributed by atoms with Gasteiger partial charge < -0.3 is 24.5 Å². The third-order valence-corrected chi connectivity index (χ3v) is 8.33. The number of hydrogen-bond donors (Lipinski definition) is 3. The van der Waals surface area contributed by atoms with Crippen molar-refractivity contribution in [2.75, 3.05) is 19.8 Å². The number of ether oxygens (including phenoxy) is 2. The number of nitrogens with one attached hydrogen (secondary N) is 2. The summed E-state index contributed by atoms with van der Waals surface area (Å²) in [5, 5.41) is 16.3. The minimum atomic E-state index is -1.02. The molecule has 0 spiro atoms. The molecule has 1 amide bonds. The molecule has 4 aromatic carbocycles. The average Bonchev–Trinajstić information content (AvgIpc) is 3.55. The van der Waals surface area contributed by atoms with Gasteiger partial charge in [0.05, 0.1) is 30.8 Å². The predicted octanol–water partition coefficient (Wildman–Crippen LogP) is 5.00. The van der Waals surface area contributed by atoms with Crippen molar-refractivity contribution in [1.82, 2.24) is 20.2 Å². The van der Waals surface area contributed by atoms with Crippen LogP contribution in [0.15, 0.2) is 134 Å². The zero-order valence-electron chi connectivity index (χ0n) is 25.3. The summed E-state index contributed by atoms with van der Waals surface area (Å²) in [4.78, 5) is 29.7. The number of carbonyl (C=O) groups is 2. The van der Waals surface area contributed by atoms with E-state index in [2.05, 4.69) is 51.6 Å². The highest BCUT2D eigenvalue weighted by atomic mass is 16.5. The Morgan fingerprint density at radius 3 is 1.85 bits per heavy atom. The summed E-state index contributed by atoms with van der Waals surface area (Å²) in [6.07, 6.45) is 3.24. The van der Waals surface area contributed by atoms with Gasteiger partial charge in [-0.05, 0) is 22.3 Å². The van der Waals surface area contributed by atoms with Crippen molar-refractivity contribution in [3.8, 4) is 0 Å². The Morgan fingerprint density at radius 1 is 0.848 bits per heavy atom. The Hall–Kier alpha value is -5.25. The highest BCUT2D eigenvalue weighted by molar-refractivity contribution is 5.74. The Balaban J connectivity index is 1.23. The van der Waals surface area contributed by atoms with E-state index < -0.39 is 29.2 Å². The van der Waals surface area contributed by atoms with Gasteiger partial charge in [-0.25, -0.2) is 9.78 Å². The summed E-state index contributed by atoms with van der Waals surface area (Å²) < 4.78 is 12.9. The van der Waals surface area contributed by atoms with Crippen LogP contribution < -0.4 is 10.6 Å². The zero-order chi connectivity index (χ0) is 31.8. The number of carboxylic acid groups (broad SMARTS) is 1. The fraction of sp³-hybridized carbons (Fsp3) is 0.216. The normalized spacial score (nSPS) is 14.5. The maximum Gasteiger partial charge on any atom is 0.407 e. The first-order valence-electron chi connectivity index (χ1n) is 15.2. The van der Waals surface area contributed by atoms with Gasteiger partial charge in [0.1, 0.15) is 18.2 Å². The summed E-state index contributed by atoms with van der Waals surface area (Å²) in [7, 11) is 0. The van der Waals surface area contributed by atoms with Gasteiger partial charge in [0, 0.05) is 19.2 Å². The van der Waals surface area contributed by atoms with Crippen LogP contribution in [0.4, 0.5) is 4.79 Å². The summed E-state index contributed by atoms with van der Waals surface area (Å²) >= 11 is 0. The number of benzene rings is 4. The van der Waals surface area contributed by atoms with E-state index in [1.54, 1.807) is 6.33 Å². The molecule has 46 heavy (non-hydrogen) atoms. The molecule has 1 fully saturated rings. The molecule has 1 atom stereocenters. The molecule has 9 heteroatoms. The number of imidazole rings is 1. The first-order valence-corrected chi connectivity index (χ1v) is 15.2. The number of carboxylic acids is 1. The van der Waals surface area contributed by atoms with Crippen LogP contribution in [0.2, 0.25) is 0 Å². The summed E-state index contributed by atoms with van der Waals surface area (Å²) in [5.41, 5.74) is 3.10. The molecule has 2 heterocycles. The molecule has 234 valence electrons. The zero-order valence-corrected chi connectivity index (χ0v) is 25.3. The Bertz CT molecular complexity index is 1630. The van der Waals surface area contributed by atoms with E-state index >= 15 is 0 Å². The van der Waals surface area contributed by atoms with Crippen molar-refractivity contribution < 1.29 is 24.2 Å². The van der Waals surface area contributed by atoms with Gasteiger partial charge in [-0.2, -0.15) is 0 Å². The quantitative estimate of drug-likeness (QED) is 0.160. The van der Waals surface area contributed by atoms with Crippen LogP contribution >= 0.6 is 0 Å². The van der Waals surface area contributed by atoms with E-state index in [-0.39, 0.29) is 32.8 Å². The lowest BCUT2D eigenvalue weighted by atomic mass is 9.77. The van der Waals surface area contributed by atoms with Crippen LogP contribution in [0.1, 0.15) is 27.9 Å². The van der Waals surface area contributed by atoms with Crippen molar-refractivity contribution in [2.24, 2.45) is 0 Å². The lowest BCUT2D eigenvalue weighted by Gasteiger charge is -2.43. The van der Waals surface area contributed by atoms with E-state index in [0.717, 1.165) is 22.3 Å². The van der Waals surface area contributed by atoms with Gasteiger partial charge in [-0.15, -0.1) is 0 Å². The smallest absolute Gasteiger partial charge is 0.407 e. The van der Waals surface area contributed by atoms with Gasteiger partial charge in [0.2, 0.25) is 0 Å². The third kappa shape index (κ3) is 6.56. The minimum absolute atomic E-state index is 0.122. The number of alkyl carbamates (subject to hydrolysis) is 1. The molecule has 3 N–H and O–H groups in total. The summed E-state index contributed by atoms with van der Waals surface area (Å²) in [6.45, 7) is 0.797. The van der Waals surface area contributed by atoms with Crippen molar-refractivity contribution in [3.05, 3.63) is 162 Å². The first-order chi connectivity index (χ1) is 22.5. The standard InChI is InChI=1S/C37H36N4O5/c42-34(43)33(40-36(25-45-26-36)24-38-35(44)46-23-28-13-5-1-6-14-28)21-32-22-41(27-39-32)37(29-15-7-2-8-16-29,30-17-9-3-10-18-30)31-19-11-4-12-20-31/h1-20,22,27,33,40H,21,23-26H2,(H,38,44)(H,42,43). The Morgan fingerprint density at radius 2 is 1.37 bits per heavy atom. The number of rotatable bonds is 13. The molecular weight excluding hydrogens is 580 g/mol. The van der Waals surface area contributed by atoms with E-state index in [1.807, 2.05) is 91.1 Å². The molecule has 1 saturated heterocycles. The fourth-order valence-electron chi connectivity index (χ4n) is 6.02. The number of nitrogens with zero attached hydrogens (tertiary/aromatic N) is 2. The monoisotopic (exact) mass is 616 g/mol. The van der Waals surface area contributed by atoms with Crippen LogP contribution in [0.25, 0.3) is 0 Å². The Kier molecular flexibility index (Phi) is 9.23. The molecule has 0 aliphatic carbocycles. The largest absolute Gasteiger partial charge is 0.480 e. The minimum Gasteiger partial charge on any atom is -0.480 e. The topological polar surface area (TPSA) is 115 Å². The van der Waals surface area contributed by atoms with E-state index in [4.69, 9.17) is 14.5 Å². The maximum atomic E-state index is 12.5. The molecular formula is C37H36N4O5. The van der Waals surface area contributed by atoms with Gasteiger partial charge >= 0.3 is 12.1 Å². The van der Waals surface area contributed by atoms with Crippen molar-refractivity contribution in [2.45, 2.75) is 30.1 Å². The molecule has 0 saturated carbocycles. The van der Waals surface area contributed by atoms with Crippen LogP contribution in [0.5, 0.6) is 0 Å². The molecule has 1 unspecified atom stereocenters. The lowest BCUT2D eigenvalue weighted by molar-refractivity contribution is -0.143. The Labute approximate surface area is 267 Å². The lowest BCUT2D eigenvalue weighted by Crippen LogP contribution is -2.69. The van der Waals surface area contributed by atoms with Crippen molar-refractivity contribution in [1.29, 1.82) is 0 Å². The number of amides is 1. The summed E-state index contributed by atoms with van der Waals surface area (Å²) in [6, 6.07) is 39.1. The molecule has 6 rings (SSSR count). The van der Waals surface area contributed by atoms with Gasteiger partial charge in [0.15, 0.2) is 0 Å². The number of aliphatic carboxylic acids is 1. The predicted molar refractivity (Wildman–Crippen MR) is 173 cm³/mol. The van der Waals surface area contributed by atoms with Crippen LogP contribution in [0.3, 0.4) is 0 Å². The first kappa shape index (κ1) is 30.8. The van der Waals surface area contributed by atoms with Crippen molar-refractivity contribution in [3.63, 3.8) is 0 Å². The fourth-order valence-corrected chi connectivity index (χ4v) is 6.02. The van der Waals surface area contributed by atoms with E-state index in [1.165, 1.54) is 0 Å². The number of hydrogen-bond acceptors (Lipinski definition) is 6. The van der Waals surface area contributed by atoms with Crippen LogP contribution in [-0.4, -0.2) is 58.1 Å². The number of carbonyl (C=O) groups excluding carboxylic acids is 1. The highest BCUT2D eigenvalue weighted by Crippen LogP contribution is 2.40. The molecule has 1 aromatic heterocycles. The SMILES string of the molecule is O=C(NCC1(NC(Cc2cn(C(c3ccccc3)(c3ccccc3)c3ccccc3)cn2)C(=O)O)COC1)OCc1ccccc1. The van der Waals surface area contributed by atoms with Gasteiger partial charge in [-0.3, -0.25) is 10.1 Å². The molecule has 1 aliphatic rings. The maximum absolute atomic E-state index is 12.5. The second-order valence-electron chi connectivity index (χ2n) is 11.5. The van der Waals surface area contributed by atoms with Gasteiger partial charge in [0.25, 0.3) is 0 Å². The summed E-state index contributed by atoms with van der Waals surface area (Å²) in [5.74, 6) is -1.02. The van der Waals surface area contributed by atoms with E-state index in [0.29, 0.717) is 5.69 Å². The molecule has 1 aliphatic heterocycles. The molecule has 9 nitrogen and oxygen atoms in total. The number of aromatic nitrogens is 2. The van der Waals surface area contributed by atoms with Crippen LogP contribution in [-0.2, 0) is 32.8 Å². The highest BCUT2D eigenvalue weighted by Gasteiger charge is 2.43. The molecule has 0 radical (unpaired) electrons. The van der Waals surface area contributed by atoms with Gasteiger partial charge in [-0.1, -0.05) is 121 Å². The molecule has 5 aromatic rings. The molecule has 0 bridgehead atoms. The second kappa shape index (κ2) is 13.8. The van der Waals surface area contributed by atoms with Crippen molar-refractivity contribution >= 4 is 12.1 Å². The third-order valence-electron chi connectivity index (χ3n) is 8.33. The average molecular weight is 617 g/mol.